The number of hydrogen-bond donors (Lipinski definition) is 0. The lowest BCUT2D eigenvalue weighted by Crippen LogP contribution is -2.07. The Kier molecular flexibility index (Phi) is 4.99. The maximum absolute atomic E-state index is 11.6. The fraction of sp³-hybridized carbons (Fsp3) is 0.417. The average molecular weight is 225 g/mol. The van der Waals surface area contributed by atoms with Gasteiger partial charge in [-0.25, -0.2) is 0 Å². The molecule has 0 saturated carbocycles. The predicted octanol–water partition coefficient (Wildman–Crippen LogP) is 2.81. The lowest BCUT2D eigenvalue weighted by molar-refractivity contribution is 0.242. The van der Waals surface area contributed by atoms with Gasteiger partial charge in [-0.05, 0) is 62.6 Å². The van der Waals surface area contributed by atoms with E-state index in [0.717, 1.165) is 10.6 Å². The van der Waals surface area contributed by atoms with Crippen molar-refractivity contribution >= 4 is 11.2 Å². The van der Waals surface area contributed by atoms with E-state index in [9.17, 15) is 4.55 Å². The maximum Gasteiger partial charge on any atom is 0.152 e. The molecule has 0 amide bonds. The van der Waals surface area contributed by atoms with Crippen molar-refractivity contribution in [3.05, 3.63) is 31.2 Å². The van der Waals surface area contributed by atoms with Crippen LogP contribution < -0.4 is 4.74 Å². The van der Waals surface area contributed by atoms with Gasteiger partial charge in [0.1, 0.15) is 11.5 Å². The number of ether oxygens (including phenoxy) is 1. The van der Waals surface area contributed by atoms with Gasteiger partial charge in [0.15, 0.2) is 4.90 Å². The summed E-state index contributed by atoms with van der Waals surface area (Å²) in [6, 6.07) is 7.42. The molecule has 3 heteroatoms. The van der Waals surface area contributed by atoms with E-state index in [4.69, 9.17) is 4.74 Å². The highest BCUT2D eigenvalue weighted by Gasteiger charge is 2.09. The summed E-state index contributed by atoms with van der Waals surface area (Å²) in [5.74, 6) is 1.44. The molecular weight excluding hydrogens is 208 g/mol. The minimum Gasteiger partial charge on any atom is -0.611 e. The third-order valence-corrected chi connectivity index (χ3v) is 3.25. The third-order valence-electron chi connectivity index (χ3n) is 1.79. The topological polar surface area (TPSA) is 32.3 Å². The van der Waals surface area contributed by atoms with Crippen molar-refractivity contribution in [3.8, 4) is 5.75 Å². The van der Waals surface area contributed by atoms with E-state index < -0.39 is 11.2 Å². The monoisotopic (exact) mass is 225 g/mol. The van der Waals surface area contributed by atoms with Crippen LogP contribution in [0.15, 0.2) is 29.2 Å². The zero-order valence-electron chi connectivity index (χ0n) is 9.23. The molecule has 1 atom stereocenters. The van der Waals surface area contributed by atoms with Crippen molar-refractivity contribution in [2.75, 3.05) is 5.75 Å². The molecule has 2 nitrogen and oxygen atoms in total. The van der Waals surface area contributed by atoms with Crippen LogP contribution in [0.25, 0.3) is 0 Å². The van der Waals surface area contributed by atoms with Gasteiger partial charge in [-0.2, -0.15) is 0 Å². The largest absolute Gasteiger partial charge is 0.611 e. The quantitative estimate of drug-likeness (QED) is 0.722. The Morgan fingerprint density at radius 2 is 1.93 bits per heavy atom. The third kappa shape index (κ3) is 4.14. The summed E-state index contributed by atoms with van der Waals surface area (Å²) in [6.45, 7) is 7.65. The highest BCUT2D eigenvalue weighted by Crippen LogP contribution is 2.18. The van der Waals surface area contributed by atoms with Crippen LogP contribution in [-0.4, -0.2) is 16.4 Å². The standard InChI is InChI=1S/C12H17O2S/c1-4-9-15(13)12-7-5-11(6-8-12)14-10(2)3/h5-8,10H,1,4,9H2,2-3H3. The van der Waals surface area contributed by atoms with E-state index in [1.807, 2.05) is 38.1 Å². The van der Waals surface area contributed by atoms with Crippen LogP contribution >= 0.6 is 0 Å². The molecule has 0 bridgehead atoms. The maximum atomic E-state index is 11.6. The summed E-state index contributed by atoms with van der Waals surface area (Å²) in [6.07, 6.45) is 0.859. The average Bonchev–Trinajstić information content (AvgIpc) is 2.18. The van der Waals surface area contributed by atoms with Gasteiger partial charge in [0.2, 0.25) is 0 Å². The summed E-state index contributed by atoms with van der Waals surface area (Å²) in [5.41, 5.74) is 0. The fourth-order valence-electron chi connectivity index (χ4n) is 1.19. The van der Waals surface area contributed by atoms with Crippen molar-refractivity contribution in [1.82, 2.24) is 0 Å². The first-order chi connectivity index (χ1) is 7.13. The molecule has 15 heavy (non-hydrogen) atoms. The molecule has 0 fully saturated rings. The van der Waals surface area contributed by atoms with Gasteiger partial charge >= 0.3 is 0 Å². The SMILES string of the molecule is [CH2]CC[S+]([O-])c1ccc(OC(C)C)cc1. The van der Waals surface area contributed by atoms with Crippen LogP contribution in [0.1, 0.15) is 20.3 Å². The molecule has 0 heterocycles. The minimum absolute atomic E-state index is 0.168. The van der Waals surface area contributed by atoms with Gasteiger partial charge in [-0.3, -0.25) is 0 Å². The number of rotatable bonds is 5. The lowest BCUT2D eigenvalue weighted by atomic mass is 10.3. The van der Waals surface area contributed by atoms with E-state index >= 15 is 0 Å². The Bertz CT molecular complexity index is 282. The van der Waals surface area contributed by atoms with Crippen LogP contribution in [0.5, 0.6) is 5.75 Å². The second kappa shape index (κ2) is 6.03. The second-order valence-corrected chi connectivity index (χ2v) is 5.11. The molecular formula is C12H17O2S. The lowest BCUT2D eigenvalue weighted by Gasteiger charge is -2.11. The fourth-order valence-corrected chi connectivity index (χ4v) is 2.13. The number of hydrogen-bond acceptors (Lipinski definition) is 2. The van der Waals surface area contributed by atoms with Crippen LogP contribution in [0.3, 0.4) is 0 Å². The summed E-state index contributed by atoms with van der Waals surface area (Å²) in [5, 5.41) is 0. The van der Waals surface area contributed by atoms with E-state index in [0.29, 0.717) is 12.2 Å². The Labute approximate surface area is 94.8 Å². The molecule has 1 aromatic carbocycles. The van der Waals surface area contributed by atoms with Crippen LogP contribution in [0.2, 0.25) is 0 Å². The van der Waals surface area contributed by atoms with Gasteiger partial charge < -0.3 is 9.29 Å². The highest BCUT2D eigenvalue weighted by molar-refractivity contribution is 7.91. The molecule has 0 aliphatic carbocycles. The Morgan fingerprint density at radius 3 is 2.40 bits per heavy atom. The van der Waals surface area contributed by atoms with Gasteiger partial charge in [0, 0.05) is 0 Å². The predicted molar refractivity (Wildman–Crippen MR) is 63.5 cm³/mol. The van der Waals surface area contributed by atoms with Gasteiger partial charge in [-0.1, -0.05) is 0 Å². The van der Waals surface area contributed by atoms with Crippen molar-refractivity contribution in [3.63, 3.8) is 0 Å². The summed E-state index contributed by atoms with van der Waals surface area (Å²) < 4.78 is 17.1. The molecule has 83 valence electrons. The Morgan fingerprint density at radius 1 is 1.33 bits per heavy atom. The molecule has 0 saturated heterocycles. The molecule has 1 unspecified atom stereocenters. The van der Waals surface area contributed by atoms with Crippen molar-refractivity contribution < 1.29 is 9.29 Å². The first-order valence-corrected chi connectivity index (χ1v) is 6.39. The van der Waals surface area contributed by atoms with Crippen molar-refractivity contribution in [1.29, 1.82) is 0 Å². The molecule has 0 aromatic heterocycles. The molecule has 0 aliphatic heterocycles. The first kappa shape index (κ1) is 12.4. The van der Waals surface area contributed by atoms with Gasteiger partial charge in [-0.15, -0.1) is 0 Å². The van der Waals surface area contributed by atoms with Crippen LogP contribution in [0.4, 0.5) is 0 Å². The molecule has 0 spiro atoms. The second-order valence-electron chi connectivity index (χ2n) is 3.54. The molecule has 0 aliphatic rings. The van der Waals surface area contributed by atoms with E-state index in [1.54, 1.807) is 0 Å². The van der Waals surface area contributed by atoms with E-state index in [1.165, 1.54) is 0 Å². The zero-order chi connectivity index (χ0) is 11.3. The van der Waals surface area contributed by atoms with E-state index in [2.05, 4.69) is 6.92 Å². The summed E-state index contributed by atoms with van der Waals surface area (Å²) in [7, 11) is 0. The van der Waals surface area contributed by atoms with Gasteiger partial charge in [0.25, 0.3) is 0 Å². The normalized spacial score (nSPS) is 12.9. The number of benzene rings is 1. The Hall–Kier alpha value is -0.670. The van der Waals surface area contributed by atoms with E-state index in [-0.39, 0.29) is 6.10 Å². The zero-order valence-corrected chi connectivity index (χ0v) is 10.0. The molecule has 0 N–H and O–H groups in total. The summed E-state index contributed by atoms with van der Waals surface area (Å²) >= 11 is -0.922. The first-order valence-electron chi connectivity index (χ1n) is 5.08. The molecule has 1 radical (unpaired) electrons. The Balaban J connectivity index is 2.63. The highest BCUT2D eigenvalue weighted by atomic mass is 32.2. The molecule has 1 aromatic rings. The van der Waals surface area contributed by atoms with Crippen LogP contribution in [-0.2, 0) is 11.2 Å². The molecule has 1 rings (SSSR count). The minimum atomic E-state index is -0.922. The van der Waals surface area contributed by atoms with Crippen molar-refractivity contribution in [2.24, 2.45) is 0 Å². The summed E-state index contributed by atoms with van der Waals surface area (Å²) in [4.78, 5) is 0.842. The van der Waals surface area contributed by atoms with Gasteiger partial charge in [0.05, 0.1) is 6.10 Å². The van der Waals surface area contributed by atoms with Crippen molar-refractivity contribution in [2.45, 2.75) is 31.3 Å². The smallest absolute Gasteiger partial charge is 0.152 e. The van der Waals surface area contributed by atoms with Crippen LogP contribution in [0, 0.1) is 6.92 Å².